The SMILES string of the molecule is O=Cc1ccccc1C1(O)c2ccc(NC(=O)OCc3ccccc3)cc2Oc2cc(NC(=O)N3CCOCC3)ccc21. The number of ether oxygens (including phenoxy) is 3. The van der Waals surface area contributed by atoms with Gasteiger partial charge >= 0.3 is 12.1 Å². The van der Waals surface area contributed by atoms with Crippen LogP contribution in [0.2, 0.25) is 0 Å². The number of urea groups is 1. The maximum atomic E-state index is 12.8. The van der Waals surface area contributed by atoms with Crippen molar-refractivity contribution in [2.75, 3.05) is 36.9 Å². The number of amides is 3. The Morgan fingerprint density at radius 3 is 2.14 bits per heavy atom. The van der Waals surface area contributed by atoms with E-state index in [9.17, 15) is 19.5 Å². The maximum Gasteiger partial charge on any atom is 0.411 e. The van der Waals surface area contributed by atoms with Gasteiger partial charge in [-0.1, -0.05) is 54.6 Å². The molecule has 0 saturated carbocycles. The molecule has 4 aromatic carbocycles. The van der Waals surface area contributed by atoms with Crippen LogP contribution in [0.25, 0.3) is 0 Å². The molecule has 2 aliphatic rings. The maximum absolute atomic E-state index is 12.8. The molecule has 43 heavy (non-hydrogen) atoms. The minimum absolute atomic E-state index is 0.0999. The van der Waals surface area contributed by atoms with E-state index in [2.05, 4.69) is 10.6 Å². The summed E-state index contributed by atoms with van der Waals surface area (Å²) in [5.41, 5.74) is 1.35. The lowest BCUT2D eigenvalue weighted by Gasteiger charge is -2.37. The standard InChI is InChI=1S/C33H29N3O7/c37-20-23-8-4-5-9-26(23)33(40)27-12-10-24(34-31(38)36-14-16-41-17-15-36)18-29(27)43-30-19-25(11-13-28(30)33)35-32(39)42-21-22-6-2-1-3-7-22/h1-13,18-20,40H,14-17,21H2,(H,34,38)(H,35,39). The van der Waals surface area contributed by atoms with Gasteiger partial charge in [0, 0.05) is 58.9 Å². The molecule has 10 nitrogen and oxygen atoms in total. The fourth-order valence-corrected chi connectivity index (χ4v) is 5.30. The van der Waals surface area contributed by atoms with Gasteiger partial charge in [0.25, 0.3) is 0 Å². The van der Waals surface area contributed by atoms with E-state index in [1.54, 1.807) is 65.6 Å². The summed E-state index contributed by atoms with van der Waals surface area (Å²) in [6, 6.07) is 25.6. The quantitative estimate of drug-likeness (QED) is 0.258. The van der Waals surface area contributed by atoms with Gasteiger partial charge in [-0.05, 0) is 29.8 Å². The summed E-state index contributed by atoms with van der Waals surface area (Å²) in [4.78, 5) is 39.1. The van der Waals surface area contributed by atoms with Crippen molar-refractivity contribution in [3.63, 3.8) is 0 Å². The molecule has 0 aliphatic carbocycles. The lowest BCUT2D eigenvalue weighted by Crippen LogP contribution is -2.43. The number of benzene rings is 4. The molecule has 4 aromatic rings. The van der Waals surface area contributed by atoms with Crippen LogP contribution >= 0.6 is 0 Å². The van der Waals surface area contributed by atoms with Crippen LogP contribution < -0.4 is 15.4 Å². The number of carbonyl (C=O) groups is 3. The highest BCUT2D eigenvalue weighted by Gasteiger charge is 2.43. The Bertz CT molecular complexity index is 1670. The molecule has 1 atom stereocenters. The van der Waals surface area contributed by atoms with Gasteiger partial charge in [0.15, 0.2) is 0 Å². The van der Waals surface area contributed by atoms with Crippen LogP contribution in [0.3, 0.4) is 0 Å². The Kier molecular flexibility index (Phi) is 7.78. The summed E-state index contributed by atoms with van der Waals surface area (Å²) >= 11 is 0. The number of aliphatic hydroxyl groups is 1. The van der Waals surface area contributed by atoms with E-state index in [4.69, 9.17) is 14.2 Å². The van der Waals surface area contributed by atoms with Gasteiger partial charge in [-0.3, -0.25) is 10.1 Å². The number of carbonyl (C=O) groups excluding carboxylic acids is 3. The first kappa shape index (κ1) is 28.0. The number of fused-ring (bicyclic) bond motifs is 2. The second kappa shape index (κ2) is 12.0. The van der Waals surface area contributed by atoms with Crippen LogP contribution in [0, 0.1) is 0 Å². The number of nitrogens with one attached hydrogen (secondary N) is 2. The summed E-state index contributed by atoms with van der Waals surface area (Å²) in [5, 5.41) is 18.0. The van der Waals surface area contributed by atoms with Crippen molar-refractivity contribution < 1.29 is 33.7 Å². The summed E-state index contributed by atoms with van der Waals surface area (Å²) in [6.07, 6.45) is 0.0345. The van der Waals surface area contributed by atoms with Gasteiger partial charge in [-0.25, -0.2) is 9.59 Å². The van der Waals surface area contributed by atoms with Gasteiger partial charge in [0.1, 0.15) is 30.0 Å². The smallest absolute Gasteiger partial charge is 0.411 e. The molecule has 10 heteroatoms. The van der Waals surface area contributed by atoms with Crippen LogP contribution in [-0.4, -0.2) is 54.7 Å². The molecule has 2 heterocycles. The molecular formula is C33H29N3O7. The molecule has 3 N–H and O–H groups in total. The van der Waals surface area contributed by atoms with Gasteiger partial charge in [0.2, 0.25) is 0 Å². The second-order valence-electron chi connectivity index (χ2n) is 10.2. The highest BCUT2D eigenvalue weighted by atomic mass is 16.5. The molecule has 1 fully saturated rings. The molecule has 1 saturated heterocycles. The van der Waals surface area contributed by atoms with Crippen molar-refractivity contribution in [1.82, 2.24) is 4.90 Å². The number of hydrogen-bond donors (Lipinski definition) is 3. The first-order valence-corrected chi connectivity index (χ1v) is 13.8. The number of rotatable bonds is 6. The first-order valence-electron chi connectivity index (χ1n) is 13.8. The minimum atomic E-state index is -1.78. The van der Waals surface area contributed by atoms with Crippen molar-refractivity contribution in [3.8, 4) is 11.5 Å². The lowest BCUT2D eigenvalue weighted by molar-refractivity contribution is 0.0564. The van der Waals surface area contributed by atoms with Crippen molar-refractivity contribution in [3.05, 3.63) is 119 Å². The number of anilines is 2. The third kappa shape index (κ3) is 5.66. The van der Waals surface area contributed by atoms with Crippen LogP contribution in [-0.2, 0) is 21.7 Å². The molecule has 2 aliphatic heterocycles. The average Bonchev–Trinajstić information content (AvgIpc) is 3.04. The van der Waals surface area contributed by atoms with Crippen molar-refractivity contribution in [2.24, 2.45) is 0 Å². The molecule has 3 amide bonds. The molecule has 0 aromatic heterocycles. The molecule has 1 unspecified atom stereocenters. The third-order valence-corrected chi connectivity index (χ3v) is 7.45. The molecule has 6 rings (SSSR count). The van der Waals surface area contributed by atoms with Gasteiger partial charge in [0.05, 0.1) is 13.2 Å². The van der Waals surface area contributed by atoms with Gasteiger partial charge in [-0.2, -0.15) is 0 Å². The Morgan fingerprint density at radius 1 is 0.837 bits per heavy atom. The van der Waals surface area contributed by atoms with Gasteiger partial charge < -0.3 is 29.5 Å². The van der Waals surface area contributed by atoms with E-state index >= 15 is 0 Å². The van der Waals surface area contributed by atoms with E-state index in [1.165, 1.54) is 0 Å². The van der Waals surface area contributed by atoms with E-state index in [0.29, 0.717) is 66.2 Å². The van der Waals surface area contributed by atoms with Crippen LogP contribution in [0.5, 0.6) is 11.5 Å². The van der Waals surface area contributed by atoms with Crippen molar-refractivity contribution in [2.45, 2.75) is 12.2 Å². The molecular weight excluding hydrogens is 550 g/mol. The summed E-state index contributed by atoms with van der Waals surface area (Å²) < 4.78 is 16.9. The predicted molar refractivity (Wildman–Crippen MR) is 159 cm³/mol. The van der Waals surface area contributed by atoms with Gasteiger partial charge in [-0.15, -0.1) is 0 Å². The average molecular weight is 580 g/mol. The van der Waals surface area contributed by atoms with Crippen LogP contribution in [0.15, 0.2) is 91.0 Å². The largest absolute Gasteiger partial charge is 0.456 e. The monoisotopic (exact) mass is 579 g/mol. The zero-order valence-corrected chi connectivity index (χ0v) is 23.1. The van der Waals surface area contributed by atoms with E-state index in [0.717, 1.165) is 5.56 Å². The predicted octanol–water partition coefficient (Wildman–Crippen LogP) is 5.50. The Labute approximate surface area is 247 Å². The van der Waals surface area contributed by atoms with E-state index in [1.807, 2.05) is 30.3 Å². The third-order valence-electron chi connectivity index (χ3n) is 7.45. The number of morpholine rings is 1. The highest BCUT2D eigenvalue weighted by Crippen LogP contribution is 2.52. The Balaban J connectivity index is 1.33. The molecule has 0 radical (unpaired) electrons. The minimum Gasteiger partial charge on any atom is -0.456 e. The van der Waals surface area contributed by atoms with E-state index in [-0.39, 0.29) is 24.1 Å². The summed E-state index contributed by atoms with van der Waals surface area (Å²) in [6.45, 7) is 2.00. The fraction of sp³-hybridized carbons (Fsp3) is 0.182. The first-order chi connectivity index (χ1) is 21.0. The zero-order valence-electron chi connectivity index (χ0n) is 23.1. The normalized spacial score (nSPS) is 17.1. The Hall–Kier alpha value is -5.19. The topological polar surface area (TPSA) is 126 Å². The van der Waals surface area contributed by atoms with E-state index < -0.39 is 11.7 Å². The molecule has 0 spiro atoms. The Morgan fingerprint density at radius 2 is 1.47 bits per heavy atom. The highest BCUT2D eigenvalue weighted by molar-refractivity contribution is 5.90. The summed E-state index contributed by atoms with van der Waals surface area (Å²) in [7, 11) is 0. The number of nitrogens with zero attached hydrogens (tertiary/aromatic N) is 1. The molecule has 0 bridgehead atoms. The van der Waals surface area contributed by atoms with Crippen molar-refractivity contribution in [1.29, 1.82) is 0 Å². The number of aldehydes is 1. The zero-order chi connectivity index (χ0) is 29.8. The van der Waals surface area contributed by atoms with Crippen molar-refractivity contribution >= 4 is 29.8 Å². The number of hydrogen-bond acceptors (Lipinski definition) is 7. The molecule has 218 valence electrons. The summed E-state index contributed by atoms with van der Waals surface area (Å²) in [5.74, 6) is 0.535. The van der Waals surface area contributed by atoms with Crippen LogP contribution in [0.1, 0.15) is 32.6 Å². The second-order valence-corrected chi connectivity index (χ2v) is 10.2. The van der Waals surface area contributed by atoms with Crippen LogP contribution in [0.4, 0.5) is 21.0 Å². The fourth-order valence-electron chi connectivity index (χ4n) is 5.30. The lowest BCUT2D eigenvalue weighted by atomic mass is 9.76.